The molecule has 0 saturated carbocycles. The second-order valence-electron chi connectivity index (χ2n) is 3.45. The van der Waals surface area contributed by atoms with E-state index in [0.717, 1.165) is 5.25 Å². The molecule has 80 valence electrons. The smallest absolute Gasteiger partial charge is 0.00545 e. The lowest BCUT2D eigenvalue weighted by Gasteiger charge is -2.11. The zero-order valence-corrected chi connectivity index (χ0v) is 10.7. The average Bonchev–Trinajstić information content (AvgIpc) is 2.04. The first-order valence-electron chi connectivity index (χ1n) is 5.11. The molecule has 1 unspecified atom stereocenters. The van der Waals surface area contributed by atoms with Gasteiger partial charge in [-0.05, 0) is 35.4 Å². The Morgan fingerprint density at radius 3 is 2.31 bits per heavy atom. The van der Waals surface area contributed by atoms with Crippen LogP contribution in [-0.2, 0) is 0 Å². The zero-order chi connectivity index (χ0) is 10.1. The third kappa shape index (κ3) is 10.6. The zero-order valence-electron chi connectivity index (χ0n) is 9.08. The van der Waals surface area contributed by atoms with Crippen LogP contribution in [0.4, 0.5) is 0 Å². The highest BCUT2D eigenvalue weighted by atomic mass is 32.2. The SMILES string of the molecule is CCSCCC(N)CCSC(C)C. The topological polar surface area (TPSA) is 26.0 Å². The van der Waals surface area contributed by atoms with Gasteiger partial charge in [0.25, 0.3) is 0 Å². The summed E-state index contributed by atoms with van der Waals surface area (Å²) in [7, 11) is 0. The molecule has 0 saturated heterocycles. The molecule has 0 aromatic heterocycles. The van der Waals surface area contributed by atoms with Crippen molar-refractivity contribution in [2.75, 3.05) is 17.3 Å². The highest BCUT2D eigenvalue weighted by Crippen LogP contribution is 2.13. The van der Waals surface area contributed by atoms with E-state index in [1.165, 1.54) is 30.1 Å². The van der Waals surface area contributed by atoms with Gasteiger partial charge in [-0.1, -0.05) is 20.8 Å². The maximum atomic E-state index is 5.97. The van der Waals surface area contributed by atoms with Crippen LogP contribution in [0.25, 0.3) is 0 Å². The molecule has 1 nitrogen and oxygen atoms in total. The lowest BCUT2D eigenvalue weighted by Crippen LogP contribution is -2.21. The van der Waals surface area contributed by atoms with Gasteiger partial charge < -0.3 is 5.73 Å². The quantitative estimate of drug-likeness (QED) is 0.638. The molecule has 0 aliphatic rings. The van der Waals surface area contributed by atoms with E-state index >= 15 is 0 Å². The van der Waals surface area contributed by atoms with Gasteiger partial charge in [0, 0.05) is 6.04 Å². The molecule has 0 heterocycles. The Balaban J connectivity index is 3.15. The standard InChI is InChI=1S/C10H23NS2/c1-4-12-7-5-10(11)6-8-13-9(2)3/h9-10H,4-8,11H2,1-3H3. The molecule has 0 amide bonds. The summed E-state index contributed by atoms with van der Waals surface area (Å²) in [5.74, 6) is 3.66. The number of thioether (sulfide) groups is 2. The molecule has 0 bridgehead atoms. The van der Waals surface area contributed by atoms with E-state index in [2.05, 4.69) is 20.8 Å². The maximum absolute atomic E-state index is 5.97. The van der Waals surface area contributed by atoms with E-state index in [-0.39, 0.29) is 0 Å². The van der Waals surface area contributed by atoms with Crippen molar-refractivity contribution in [2.24, 2.45) is 5.73 Å². The first-order valence-corrected chi connectivity index (χ1v) is 7.32. The summed E-state index contributed by atoms with van der Waals surface area (Å²) in [4.78, 5) is 0. The molecule has 0 aromatic rings. The monoisotopic (exact) mass is 221 g/mol. The maximum Gasteiger partial charge on any atom is 0.00545 e. The van der Waals surface area contributed by atoms with E-state index in [4.69, 9.17) is 5.73 Å². The second-order valence-corrected chi connectivity index (χ2v) is 6.53. The average molecular weight is 221 g/mol. The van der Waals surface area contributed by atoms with E-state index < -0.39 is 0 Å². The molecule has 3 heteroatoms. The Labute approximate surface area is 91.6 Å². The van der Waals surface area contributed by atoms with Gasteiger partial charge in [-0.2, -0.15) is 23.5 Å². The van der Waals surface area contributed by atoms with Crippen LogP contribution in [0, 0.1) is 0 Å². The molecule has 0 radical (unpaired) electrons. The summed E-state index contributed by atoms with van der Waals surface area (Å²) in [5.41, 5.74) is 5.97. The lowest BCUT2D eigenvalue weighted by atomic mass is 10.2. The Bertz CT molecular complexity index is 107. The minimum Gasteiger partial charge on any atom is -0.328 e. The van der Waals surface area contributed by atoms with Gasteiger partial charge in [0.1, 0.15) is 0 Å². The predicted octanol–water partition coefficient (Wildman–Crippen LogP) is 2.99. The molecule has 0 spiro atoms. The van der Waals surface area contributed by atoms with Crippen molar-refractivity contribution < 1.29 is 0 Å². The largest absolute Gasteiger partial charge is 0.328 e. The lowest BCUT2D eigenvalue weighted by molar-refractivity contribution is 0.639. The summed E-state index contributed by atoms with van der Waals surface area (Å²) < 4.78 is 0. The summed E-state index contributed by atoms with van der Waals surface area (Å²) in [6.07, 6.45) is 2.35. The van der Waals surface area contributed by atoms with Crippen LogP contribution in [-0.4, -0.2) is 28.6 Å². The van der Waals surface area contributed by atoms with Crippen molar-refractivity contribution in [3.63, 3.8) is 0 Å². The van der Waals surface area contributed by atoms with Gasteiger partial charge in [0.2, 0.25) is 0 Å². The number of nitrogens with two attached hydrogens (primary N) is 1. The van der Waals surface area contributed by atoms with Crippen molar-refractivity contribution in [1.82, 2.24) is 0 Å². The van der Waals surface area contributed by atoms with Crippen LogP contribution >= 0.6 is 23.5 Å². The van der Waals surface area contributed by atoms with Crippen molar-refractivity contribution in [1.29, 1.82) is 0 Å². The van der Waals surface area contributed by atoms with Crippen LogP contribution in [0.15, 0.2) is 0 Å². The third-order valence-electron chi connectivity index (χ3n) is 1.78. The van der Waals surface area contributed by atoms with Crippen molar-refractivity contribution in [2.45, 2.75) is 44.9 Å². The number of hydrogen-bond acceptors (Lipinski definition) is 3. The third-order valence-corrected chi connectivity index (χ3v) is 3.85. The van der Waals surface area contributed by atoms with E-state index in [0.29, 0.717) is 6.04 Å². The Morgan fingerprint density at radius 2 is 1.77 bits per heavy atom. The van der Waals surface area contributed by atoms with Crippen LogP contribution in [0.2, 0.25) is 0 Å². The highest BCUT2D eigenvalue weighted by molar-refractivity contribution is 7.99. The molecule has 2 N–H and O–H groups in total. The highest BCUT2D eigenvalue weighted by Gasteiger charge is 2.02. The molecule has 0 rings (SSSR count). The summed E-state index contributed by atoms with van der Waals surface area (Å²) in [6.45, 7) is 6.68. The summed E-state index contributed by atoms with van der Waals surface area (Å²) >= 11 is 4.00. The first kappa shape index (κ1) is 13.7. The van der Waals surface area contributed by atoms with E-state index in [1.54, 1.807) is 0 Å². The van der Waals surface area contributed by atoms with Crippen LogP contribution in [0.5, 0.6) is 0 Å². The molecule has 1 atom stereocenters. The fraction of sp³-hybridized carbons (Fsp3) is 1.00. The van der Waals surface area contributed by atoms with Crippen molar-refractivity contribution in [3.8, 4) is 0 Å². The van der Waals surface area contributed by atoms with Gasteiger partial charge in [0.15, 0.2) is 0 Å². The van der Waals surface area contributed by atoms with Crippen LogP contribution in [0.1, 0.15) is 33.6 Å². The Morgan fingerprint density at radius 1 is 1.15 bits per heavy atom. The molecule has 0 aliphatic carbocycles. The minimum absolute atomic E-state index is 0.422. The fourth-order valence-corrected chi connectivity index (χ4v) is 2.65. The van der Waals surface area contributed by atoms with Gasteiger partial charge in [-0.15, -0.1) is 0 Å². The molecular weight excluding hydrogens is 198 g/mol. The van der Waals surface area contributed by atoms with Gasteiger partial charge in [-0.25, -0.2) is 0 Å². The molecular formula is C10H23NS2. The molecule has 0 aliphatic heterocycles. The fourth-order valence-electron chi connectivity index (χ4n) is 0.979. The van der Waals surface area contributed by atoms with Crippen molar-refractivity contribution >= 4 is 23.5 Å². The van der Waals surface area contributed by atoms with Crippen LogP contribution < -0.4 is 5.73 Å². The van der Waals surface area contributed by atoms with Crippen molar-refractivity contribution in [3.05, 3.63) is 0 Å². The number of rotatable bonds is 8. The normalized spacial score (nSPS) is 13.6. The van der Waals surface area contributed by atoms with Gasteiger partial charge >= 0.3 is 0 Å². The summed E-state index contributed by atoms with van der Waals surface area (Å²) in [5, 5.41) is 0.747. The minimum atomic E-state index is 0.422. The molecule has 0 aromatic carbocycles. The predicted molar refractivity (Wildman–Crippen MR) is 67.8 cm³/mol. The molecule has 13 heavy (non-hydrogen) atoms. The van der Waals surface area contributed by atoms with Gasteiger partial charge in [0.05, 0.1) is 0 Å². The van der Waals surface area contributed by atoms with Crippen LogP contribution in [0.3, 0.4) is 0 Å². The van der Waals surface area contributed by atoms with Gasteiger partial charge in [-0.3, -0.25) is 0 Å². The molecule has 0 fully saturated rings. The Kier molecular flexibility index (Phi) is 9.69. The summed E-state index contributed by atoms with van der Waals surface area (Å²) in [6, 6.07) is 0.422. The first-order chi connectivity index (χ1) is 6.16. The van der Waals surface area contributed by atoms with E-state index in [1.807, 2.05) is 23.5 Å². The number of hydrogen-bond donors (Lipinski definition) is 1. The Hall–Kier alpha value is 0.660. The second kappa shape index (κ2) is 9.22. The van der Waals surface area contributed by atoms with E-state index in [9.17, 15) is 0 Å².